The molecule has 0 radical (unpaired) electrons. The number of aryl methyl sites for hydroxylation is 1. The van der Waals surface area contributed by atoms with Crippen molar-refractivity contribution in [2.75, 3.05) is 13.6 Å². The Kier molecular flexibility index (Phi) is 5.81. The van der Waals surface area contributed by atoms with Crippen molar-refractivity contribution in [1.29, 1.82) is 0 Å². The summed E-state index contributed by atoms with van der Waals surface area (Å²) in [6.07, 6.45) is 4.80. The Morgan fingerprint density at radius 2 is 2.05 bits per heavy atom. The SMILES string of the molecule is CCCn1cc(OCc2ccc(C(C)CNC)cc2)cn1. The fourth-order valence-corrected chi connectivity index (χ4v) is 2.30. The summed E-state index contributed by atoms with van der Waals surface area (Å²) < 4.78 is 7.69. The summed E-state index contributed by atoms with van der Waals surface area (Å²) in [4.78, 5) is 0. The van der Waals surface area contributed by atoms with Crippen LogP contribution < -0.4 is 10.1 Å². The van der Waals surface area contributed by atoms with Crippen LogP contribution in [0.2, 0.25) is 0 Å². The van der Waals surface area contributed by atoms with E-state index in [2.05, 4.69) is 48.5 Å². The van der Waals surface area contributed by atoms with Gasteiger partial charge in [-0.05, 0) is 30.5 Å². The van der Waals surface area contributed by atoms with Gasteiger partial charge in [-0.25, -0.2) is 0 Å². The summed E-state index contributed by atoms with van der Waals surface area (Å²) in [5, 5.41) is 7.47. The molecule has 0 aliphatic carbocycles. The maximum Gasteiger partial charge on any atom is 0.157 e. The molecule has 0 bridgehead atoms. The van der Waals surface area contributed by atoms with Crippen molar-refractivity contribution < 1.29 is 4.74 Å². The molecule has 21 heavy (non-hydrogen) atoms. The zero-order valence-corrected chi connectivity index (χ0v) is 13.2. The first-order valence-corrected chi connectivity index (χ1v) is 7.61. The summed E-state index contributed by atoms with van der Waals surface area (Å²) in [5.74, 6) is 1.35. The van der Waals surface area contributed by atoms with Gasteiger partial charge < -0.3 is 10.1 Å². The van der Waals surface area contributed by atoms with Crippen LogP contribution in [0.5, 0.6) is 5.75 Å². The summed E-state index contributed by atoms with van der Waals surface area (Å²) in [7, 11) is 1.98. The molecular formula is C17H25N3O. The van der Waals surface area contributed by atoms with Gasteiger partial charge in [-0.3, -0.25) is 4.68 Å². The van der Waals surface area contributed by atoms with Gasteiger partial charge in [0, 0.05) is 13.1 Å². The molecule has 0 fully saturated rings. The predicted molar refractivity (Wildman–Crippen MR) is 85.6 cm³/mol. The molecule has 2 aromatic rings. The molecule has 1 aromatic heterocycles. The van der Waals surface area contributed by atoms with E-state index in [-0.39, 0.29) is 0 Å². The number of benzene rings is 1. The van der Waals surface area contributed by atoms with Gasteiger partial charge in [-0.1, -0.05) is 38.1 Å². The standard InChI is InChI=1S/C17H25N3O/c1-4-9-20-12-17(11-19-20)21-13-15-5-7-16(8-6-15)14(2)10-18-3/h5-8,11-12,14,18H,4,9-10,13H2,1-3H3. The smallest absolute Gasteiger partial charge is 0.157 e. The van der Waals surface area contributed by atoms with Gasteiger partial charge in [0.25, 0.3) is 0 Å². The third-order valence-corrected chi connectivity index (χ3v) is 3.53. The van der Waals surface area contributed by atoms with Crippen LogP contribution in [0.15, 0.2) is 36.7 Å². The average molecular weight is 287 g/mol. The Morgan fingerprint density at radius 1 is 1.29 bits per heavy atom. The van der Waals surface area contributed by atoms with Crippen molar-refractivity contribution in [1.82, 2.24) is 15.1 Å². The molecule has 0 saturated carbocycles. The molecule has 4 heteroatoms. The van der Waals surface area contributed by atoms with E-state index in [1.54, 1.807) is 6.20 Å². The lowest BCUT2D eigenvalue weighted by atomic mass is 10.00. The quantitative estimate of drug-likeness (QED) is 0.810. The van der Waals surface area contributed by atoms with Gasteiger partial charge >= 0.3 is 0 Å². The average Bonchev–Trinajstić information content (AvgIpc) is 2.94. The zero-order chi connectivity index (χ0) is 15.1. The molecule has 0 aliphatic heterocycles. The highest BCUT2D eigenvalue weighted by atomic mass is 16.5. The van der Waals surface area contributed by atoms with Crippen molar-refractivity contribution in [3.63, 3.8) is 0 Å². The minimum Gasteiger partial charge on any atom is -0.486 e. The van der Waals surface area contributed by atoms with Gasteiger partial charge in [0.15, 0.2) is 5.75 Å². The summed E-state index contributed by atoms with van der Waals surface area (Å²) >= 11 is 0. The maximum absolute atomic E-state index is 5.77. The van der Waals surface area contributed by atoms with Crippen molar-refractivity contribution in [3.05, 3.63) is 47.8 Å². The van der Waals surface area contributed by atoms with Crippen LogP contribution in [0.4, 0.5) is 0 Å². The Hall–Kier alpha value is -1.81. The second kappa shape index (κ2) is 7.84. The van der Waals surface area contributed by atoms with Gasteiger partial charge in [-0.2, -0.15) is 5.10 Å². The third-order valence-electron chi connectivity index (χ3n) is 3.53. The van der Waals surface area contributed by atoms with E-state index in [1.807, 2.05) is 17.9 Å². The van der Waals surface area contributed by atoms with E-state index in [0.717, 1.165) is 25.3 Å². The first-order chi connectivity index (χ1) is 10.2. The molecule has 1 aromatic carbocycles. The highest BCUT2D eigenvalue weighted by Gasteiger charge is 2.04. The Balaban J connectivity index is 1.88. The summed E-state index contributed by atoms with van der Waals surface area (Å²) in [6.45, 7) is 6.87. The zero-order valence-electron chi connectivity index (χ0n) is 13.2. The Bertz CT molecular complexity index is 533. The van der Waals surface area contributed by atoms with Crippen LogP contribution in [0.25, 0.3) is 0 Å². The lowest BCUT2D eigenvalue weighted by Gasteiger charge is -2.12. The van der Waals surface area contributed by atoms with Crippen LogP contribution in [-0.2, 0) is 13.2 Å². The van der Waals surface area contributed by atoms with E-state index < -0.39 is 0 Å². The van der Waals surface area contributed by atoms with Crippen molar-refractivity contribution in [2.45, 2.75) is 39.3 Å². The van der Waals surface area contributed by atoms with E-state index >= 15 is 0 Å². The van der Waals surface area contributed by atoms with Crippen LogP contribution in [0, 0.1) is 0 Å². The molecule has 1 heterocycles. The fraction of sp³-hybridized carbons (Fsp3) is 0.471. The first-order valence-electron chi connectivity index (χ1n) is 7.61. The molecule has 1 unspecified atom stereocenters. The number of likely N-dealkylation sites (N-methyl/N-ethyl adjacent to an activating group) is 1. The number of hydrogen-bond acceptors (Lipinski definition) is 3. The molecular weight excluding hydrogens is 262 g/mol. The predicted octanol–water partition coefficient (Wildman–Crippen LogP) is 3.20. The maximum atomic E-state index is 5.77. The highest BCUT2D eigenvalue weighted by molar-refractivity contribution is 5.25. The molecule has 0 aliphatic rings. The van der Waals surface area contributed by atoms with Crippen molar-refractivity contribution in [2.24, 2.45) is 0 Å². The summed E-state index contributed by atoms with van der Waals surface area (Å²) in [6, 6.07) is 8.64. The van der Waals surface area contributed by atoms with Crippen molar-refractivity contribution in [3.8, 4) is 5.75 Å². The van der Waals surface area contributed by atoms with Crippen LogP contribution in [0.1, 0.15) is 37.3 Å². The monoisotopic (exact) mass is 287 g/mol. The Morgan fingerprint density at radius 3 is 2.71 bits per heavy atom. The lowest BCUT2D eigenvalue weighted by Crippen LogP contribution is -2.14. The molecule has 2 rings (SSSR count). The second-order valence-electron chi connectivity index (χ2n) is 5.43. The Labute approximate surface area is 127 Å². The number of hydrogen-bond donors (Lipinski definition) is 1. The number of nitrogens with zero attached hydrogens (tertiary/aromatic N) is 2. The fourth-order valence-electron chi connectivity index (χ4n) is 2.30. The molecule has 0 amide bonds. The van der Waals surface area contributed by atoms with Gasteiger partial charge in [0.2, 0.25) is 0 Å². The van der Waals surface area contributed by atoms with Gasteiger partial charge in [0.05, 0.1) is 12.4 Å². The molecule has 1 N–H and O–H groups in total. The second-order valence-corrected chi connectivity index (χ2v) is 5.43. The van der Waals surface area contributed by atoms with Gasteiger partial charge in [0.1, 0.15) is 6.61 Å². The molecule has 1 atom stereocenters. The van der Waals surface area contributed by atoms with Crippen LogP contribution >= 0.6 is 0 Å². The van der Waals surface area contributed by atoms with Crippen LogP contribution in [-0.4, -0.2) is 23.4 Å². The molecule has 0 spiro atoms. The van der Waals surface area contributed by atoms with E-state index in [4.69, 9.17) is 4.74 Å². The topological polar surface area (TPSA) is 39.1 Å². The normalized spacial score (nSPS) is 12.3. The first kappa shape index (κ1) is 15.6. The number of rotatable bonds is 8. The van der Waals surface area contributed by atoms with Crippen molar-refractivity contribution >= 4 is 0 Å². The van der Waals surface area contributed by atoms with Crippen LogP contribution in [0.3, 0.4) is 0 Å². The highest BCUT2D eigenvalue weighted by Crippen LogP contribution is 2.16. The van der Waals surface area contributed by atoms with E-state index in [1.165, 1.54) is 11.1 Å². The minimum atomic E-state index is 0.525. The van der Waals surface area contributed by atoms with E-state index in [0.29, 0.717) is 12.5 Å². The third kappa shape index (κ3) is 4.60. The molecule has 4 nitrogen and oxygen atoms in total. The van der Waals surface area contributed by atoms with E-state index in [9.17, 15) is 0 Å². The van der Waals surface area contributed by atoms with Gasteiger partial charge in [-0.15, -0.1) is 0 Å². The number of aromatic nitrogens is 2. The molecule has 114 valence electrons. The number of nitrogens with one attached hydrogen (secondary N) is 1. The largest absolute Gasteiger partial charge is 0.486 e. The summed E-state index contributed by atoms with van der Waals surface area (Å²) in [5.41, 5.74) is 2.53. The number of ether oxygens (including phenoxy) is 1. The lowest BCUT2D eigenvalue weighted by molar-refractivity contribution is 0.305. The molecule has 0 saturated heterocycles. The minimum absolute atomic E-state index is 0.525.